The van der Waals surface area contributed by atoms with Crippen LogP contribution >= 0.6 is 11.8 Å². The smallest absolute Gasteiger partial charge is 0.254 e. The Morgan fingerprint density at radius 3 is 2.62 bits per heavy atom. The summed E-state index contributed by atoms with van der Waals surface area (Å²) in [5, 5.41) is 12.1. The van der Waals surface area contributed by atoms with Crippen LogP contribution in [0.1, 0.15) is 40.2 Å². The fourth-order valence-corrected chi connectivity index (χ4v) is 4.40. The first-order chi connectivity index (χ1) is 15.4. The van der Waals surface area contributed by atoms with Crippen molar-refractivity contribution < 1.29 is 9.59 Å². The average Bonchev–Trinajstić information content (AvgIpc) is 3.41. The van der Waals surface area contributed by atoms with E-state index in [9.17, 15) is 9.59 Å². The standard InChI is InChI=1S/C21H28N8O2S/c1-13-17(14(2)29-20(24-13)25-21(26-29)32-4)9-18(30)28-7-5-15(6-8-28)10-22-19(31)16-11-23-27(3)12-16/h11-12,15H,5-10H2,1-4H3,(H,22,31). The van der Waals surface area contributed by atoms with Crippen molar-refractivity contribution in [3.8, 4) is 0 Å². The molecule has 1 aliphatic rings. The lowest BCUT2D eigenvalue weighted by molar-refractivity contribution is -0.131. The minimum atomic E-state index is -0.108. The van der Waals surface area contributed by atoms with Crippen LogP contribution < -0.4 is 5.32 Å². The molecule has 11 heteroatoms. The monoisotopic (exact) mass is 456 g/mol. The average molecular weight is 457 g/mol. The number of piperidine rings is 1. The van der Waals surface area contributed by atoms with Gasteiger partial charge in [-0.1, -0.05) is 11.8 Å². The van der Waals surface area contributed by atoms with Crippen LogP contribution in [0.4, 0.5) is 0 Å². The van der Waals surface area contributed by atoms with E-state index in [0.29, 0.717) is 48.5 Å². The highest BCUT2D eigenvalue weighted by atomic mass is 32.2. The summed E-state index contributed by atoms with van der Waals surface area (Å²) in [4.78, 5) is 36.1. The van der Waals surface area contributed by atoms with Gasteiger partial charge in [0.2, 0.25) is 11.1 Å². The molecule has 0 radical (unpaired) electrons. The number of nitrogens with one attached hydrogen (secondary N) is 1. The molecule has 1 N–H and O–H groups in total. The van der Waals surface area contributed by atoms with E-state index < -0.39 is 0 Å². The van der Waals surface area contributed by atoms with Crippen LogP contribution in [0.2, 0.25) is 0 Å². The van der Waals surface area contributed by atoms with Gasteiger partial charge in [0, 0.05) is 49.8 Å². The van der Waals surface area contributed by atoms with Crippen LogP contribution in [-0.4, -0.2) is 72.0 Å². The molecule has 10 nitrogen and oxygen atoms in total. The van der Waals surface area contributed by atoms with Gasteiger partial charge < -0.3 is 10.2 Å². The third-order valence-corrected chi connectivity index (χ3v) is 6.56. The number of aryl methyl sites for hydroxylation is 3. The van der Waals surface area contributed by atoms with E-state index in [-0.39, 0.29) is 11.8 Å². The van der Waals surface area contributed by atoms with E-state index in [1.54, 1.807) is 28.6 Å². The number of aromatic nitrogens is 6. The van der Waals surface area contributed by atoms with E-state index in [2.05, 4.69) is 25.5 Å². The number of carbonyl (C=O) groups excluding carboxylic acids is 2. The molecule has 0 atom stereocenters. The number of nitrogens with zero attached hydrogens (tertiary/aromatic N) is 7. The molecule has 0 aliphatic carbocycles. The number of hydrogen-bond donors (Lipinski definition) is 1. The Bertz CT molecular complexity index is 1150. The number of thioether (sulfide) groups is 1. The highest BCUT2D eigenvalue weighted by Crippen LogP contribution is 2.21. The van der Waals surface area contributed by atoms with Crippen molar-refractivity contribution >= 4 is 29.4 Å². The SMILES string of the molecule is CSc1nc2nc(C)c(CC(=O)N3CCC(CNC(=O)c4cnn(C)c4)CC3)c(C)n2n1. The van der Waals surface area contributed by atoms with Crippen molar-refractivity contribution in [3.05, 3.63) is 34.9 Å². The zero-order valence-electron chi connectivity index (χ0n) is 18.8. The molecule has 0 unspecified atom stereocenters. The van der Waals surface area contributed by atoms with Gasteiger partial charge in [-0.2, -0.15) is 10.1 Å². The van der Waals surface area contributed by atoms with Gasteiger partial charge in [0.05, 0.1) is 18.2 Å². The number of carbonyl (C=O) groups is 2. The molecule has 1 fully saturated rings. The lowest BCUT2D eigenvalue weighted by Gasteiger charge is -2.32. The Balaban J connectivity index is 1.32. The van der Waals surface area contributed by atoms with E-state index in [1.807, 2.05) is 25.0 Å². The van der Waals surface area contributed by atoms with Gasteiger partial charge >= 0.3 is 0 Å². The number of hydrogen-bond acceptors (Lipinski definition) is 7. The summed E-state index contributed by atoms with van der Waals surface area (Å²) in [5.74, 6) is 0.916. The van der Waals surface area contributed by atoms with Crippen molar-refractivity contribution in [2.45, 2.75) is 38.3 Å². The molecule has 3 aromatic heterocycles. The predicted molar refractivity (Wildman–Crippen MR) is 121 cm³/mol. The molecule has 0 spiro atoms. The third kappa shape index (κ3) is 4.62. The summed E-state index contributed by atoms with van der Waals surface area (Å²) in [6, 6.07) is 0. The molecule has 1 saturated heterocycles. The number of rotatable bonds is 6. The highest BCUT2D eigenvalue weighted by Gasteiger charge is 2.25. The molecular formula is C21H28N8O2S. The summed E-state index contributed by atoms with van der Waals surface area (Å²) >= 11 is 1.47. The zero-order chi connectivity index (χ0) is 22.8. The van der Waals surface area contributed by atoms with Crippen LogP contribution in [0.3, 0.4) is 0 Å². The quantitative estimate of drug-likeness (QED) is 0.558. The predicted octanol–water partition coefficient (Wildman–Crippen LogP) is 1.41. The van der Waals surface area contributed by atoms with Crippen LogP contribution in [0.15, 0.2) is 17.6 Å². The number of amides is 2. The molecule has 170 valence electrons. The van der Waals surface area contributed by atoms with Crippen LogP contribution in [0.5, 0.6) is 0 Å². The number of fused-ring (bicyclic) bond motifs is 1. The second kappa shape index (κ2) is 9.27. The van der Waals surface area contributed by atoms with Gasteiger partial charge in [-0.25, -0.2) is 9.50 Å². The molecule has 0 bridgehead atoms. The normalized spacial score (nSPS) is 14.8. The Hall–Kier alpha value is -2.95. The first kappa shape index (κ1) is 22.3. The second-order valence-electron chi connectivity index (χ2n) is 8.19. The molecule has 0 aromatic carbocycles. The first-order valence-corrected chi connectivity index (χ1v) is 11.9. The van der Waals surface area contributed by atoms with E-state index in [0.717, 1.165) is 29.8 Å². The maximum atomic E-state index is 13.0. The van der Waals surface area contributed by atoms with Crippen molar-refractivity contribution in [1.82, 2.24) is 39.6 Å². The topological polar surface area (TPSA) is 110 Å². The van der Waals surface area contributed by atoms with Crippen molar-refractivity contribution in [2.75, 3.05) is 25.9 Å². The Kier molecular flexibility index (Phi) is 6.45. The van der Waals surface area contributed by atoms with Gasteiger partial charge in [0.15, 0.2) is 0 Å². The van der Waals surface area contributed by atoms with Gasteiger partial charge in [-0.3, -0.25) is 14.3 Å². The Morgan fingerprint density at radius 1 is 1.22 bits per heavy atom. The van der Waals surface area contributed by atoms with Gasteiger partial charge in [-0.15, -0.1) is 5.10 Å². The molecule has 4 heterocycles. The molecule has 4 rings (SSSR count). The Morgan fingerprint density at radius 2 is 1.97 bits per heavy atom. The summed E-state index contributed by atoms with van der Waals surface area (Å²) in [6.07, 6.45) is 7.23. The maximum Gasteiger partial charge on any atom is 0.254 e. The summed E-state index contributed by atoms with van der Waals surface area (Å²) in [7, 11) is 1.79. The van der Waals surface area contributed by atoms with Crippen molar-refractivity contribution in [2.24, 2.45) is 13.0 Å². The van der Waals surface area contributed by atoms with Crippen LogP contribution in [0.25, 0.3) is 5.78 Å². The molecular weight excluding hydrogens is 428 g/mol. The zero-order valence-corrected chi connectivity index (χ0v) is 19.6. The second-order valence-corrected chi connectivity index (χ2v) is 8.96. The summed E-state index contributed by atoms with van der Waals surface area (Å²) in [5.41, 5.74) is 3.19. The van der Waals surface area contributed by atoms with Crippen LogP contribution in [-0.2, 0) is 18.3 Å². The van der Waals surface area contributed by atoms with Crippen molar-refractivity contribution in [1.29, 1.82) is 0 Å². The minimum Gasteiger partial charge on any atom is -0.352 e. The summed E-state index contributed by atoms with van der Waals surface area (Å²) in [6.45, 7) is 5.87. The molecule has 2 amide bonds. The maximum absolute atomic E-state index is 13.0. The van der Waals surface area contributed by atoms with E-state index >= 15 is 0 Å². The summed E-state index contributed by atoms with van der Waals surface area (Å²) < 4.78 is 3.33. The third-order valence-electron chi connectivity index (χ3n) is 6.03. The lowest BCUT2D eigenvalue weighted by Crippen LogP contribution is -2.42. The van der Waals surface area contributed by atoms with Gasteiger partial charge in [0.25, 0.3) is 11.7 Å². The Labute approximate surface area is 190 Å². The number of likely N-dealkylation sites (tertiary alicyclic amines) is 1. The van der Waals surface area contributed by atoms with E-state index in [4.69, 9.17) is 0 Å². The molecule has 3 aromatic rings. The van der Waals surface area contributed by atoms with Crippen molar-refractivity contribution in [3.63, 3.8) is 0 Å². The molecule has 0 saturated carbocycles. The first-order valence-electron chi connectivity index (χ1n) is 10.7. The molecule has 1 aliphatic heterocycles. The van der Waals surface area contributed by atoms with Crippen LogP contribution in [0, 0.1) is 19.8 Å². The fraction of sp³-hybridized carbons (Fsp3) is 0.524. The fourth-order valence-electron chi connectivity index (χ4n) is 4.06. The van der Waals surface area contributed by atoms with E-state index in [1.165, 1.54) is 11.8 Å². The highest BCUT2D eigenvalue weighted by molar-refractivity contribution is 7.98. The van der Waals surface area contributed by atoms with Gasteiger partial charge in [0.1, 0.15) is 0 Å². The molecule has 32 heavy (non-hydrogen) atoms. The van der Waals surface area contributed by atoms with Gasteiger partial charge in [-0.05, 0) is 38.9 Å². The minimum absolute atomic E-state index is 0.0976. The lowest BCUT2D eigenvalue weighted by atomic mass is 9.96. The largest absolute Gasteiger partial charge is 0.352 e.